The van der Waals surface area contributed by atoms with Crippen molar-refractivity contribution in [3.05, 3.63) is 67.3 Å². The molecule has 100 valence electrons. The number of hydrogen-bond acceptors (Lipinski definition) is 0. The highest BCUT2D eigenvalue weighted by molar-refractivity contribution is 9.10. The summed E-state index contributed by atoms with van der Waals surface area (Å²) in [6, 6.07) is 9.30. The van der Waals surface area contributed by atoms with E-state index in [1.54, 1.807) is 6.07 Å². The molecule has 0 amide bonds. The lowest BCUT2D eigenvalue weighted by Gasteiger charge is -2.16. The zero-order valence-electron chi connectivity index (χ0n) is 10.5. The van der Waals surface area contributed by atoms with E-state index in [0.717, 1.165) is 25.6 Å². The van der Waals surface area contributed by atoms with Gasteiger partial charge in [0.1, 0.15) is 5.82 Å². The molecular formula is C15H12Br3F. The first-order valence-electron chi connectivity index (χ1n) is 5.76. The lowest BCUT2D eigenvalue weighted by atomic mass is 9.98. The van der Waals surface area contributed by atoms with Gasteiger partial charge in [-0.15, -0.1) is 0 Å². The van der Waals surface area contributed by atoms with Crippen LogP contribution in [0, 0.1) is 19.7 Å². The molecule has 0 fully saturated rings. The fourth-order valence-corrected chi connectivity index (χ4v) is 3.61. The lowest BCUT2D eigenvalue weighted by Crippen LogP contribution is -2.00. The van der Waals surface area contributed by atoms with Crippen molar-refractivity contribution in [2.24, 2.45) is 0 Å². The molecule has 0 radical (unpaired) electrons. The van der Waals surface area contributed by atoms with Crippen molar-refractivity contribution >= 4 is 47.8 Å². The Bertz CT molecular complexity index is 623. The van der Waals surface area contributed by atoms with E-state index in [9.17, 15) is 4.39 Å². The second kappa shape index (κ2) is 6.06. The zero-order chi connectivity index (χ0) is 14.2. The van der Waals surface area contributed by atoms with Crippen LogP contribution in [0.2, 0.25) is 0 Å². The van der Waals surface area contributed by atoms with Crippen LogP contribution in [0.15, 0.2) is 39.3 Å². The third-order valence-corrected chi connectivity index (χ3v) is 5.39. The molecule has 2 rings (SSSR count). The van der Waals surface area contributed by atoms with Crippen molar-refractivity contribution in [1.29, 1.82) is 0 Å². The molecule has 4 heteroatoms. The Kier molecular flexibility index (Phi) is 4.85. The van der Waals surface area contributed by atoms with E-state index in [1.165, 1.54) is 6.07 Å². The van der Waals surface area contributed by atoms with E-state index in [0.29, 0.717) is 5.56 Å². The van der Waals surface area contributed by atoms with Gasteiger partial charge in [0.15, 0.2) is 0 Å². The lowest BCUT2D eigenvalue weighted by molar-refractivity contribution is 0.612. The molecule has 0 spiro atoms. The molecule has 1 unspecified atom stereocenters. The van der Waals surface area contributed by atoms with Gasteiger partial charge in [-0.2, -0.15) is 0 Å². The molecule has 0 aliphatic carbocycles. The first-order chi connectivity index (χ1) is 8.90. The van der Waals surface area contributed by atoms with Gasteiger partial charge in [0.25, 0.3) is 0 Å². The van der Waals surface area contributed by atoms with Crippen LogP contribution in [0.3, 0.4) is 0 Å². The molecule has 0 aliphatic rings. The Morgan fingerprint density at radius 1 is 0.947 bits per heavy atom. The standard InChI is InChI=1S/C15H12Br3F/c1-8-6-13(17)9(2)5-12(8)15(18)11-4-3-10(16)7-14(11)19/h3-7,15H,1-2H3. The fraction of sp³-hybridized carbons (Fsp3) is 0.200. The predicted octanol–water partition coefficient (Wildman–Crippen LogP) is 6.45. The molecule has 0 saturated carbocycles. The molecule has 0 aliphatic heterocycles. The number of rotatable bonds is 2. The van der Waals surface area contributed by atoms with Crippen LogP contribution in [0.4, 0.5) is 4.39 Å². The summed E-state index contributed by atoms with van der Waals surface area (Å²) in [5, 5.41) is 0. The normalized spacial score (nSPS) is 12.5. The molecule has 2 aromatic rings. The summed E-state index contributed by atoms with van der Waals surface area (Å²) in [7, 11) is 0. The summed E-state index contributed by atoms with van der Waals surface area (Å²) in [6.45, 7) is 4.06. The molecule has 0 aromatic heterocycles. The summed E-state index contributed by atoms with van der Waals surface area (Å²) in [6.07, 6.45) is 0. The molecule has 0 nitrogen and oxygen atoms in total. The smallest absolute Gasteiger partial charge is 0.129 e. The third kappa shape index (κ3) is 3.29. The summed E-state index contributed by atoms with van der Waals surface area (Å²) in [4.78, 5) is -0.146. The maximum Gasteiger partial charge on any atom is 0.129 e. The van der Waals surface area contributed by atoms with Gasteiger partial charge in [0, 0.05) is 14.5 Å². The van der Waals surface area contributed by atoms with Gasteiger partial charge in [0.05, 0.1) is 4.83 Å². The number of hydrogen-bond donors (Lipinski definition) is 0. The van der Waals surface area contributed by atoms with Crippen molar-refractivity contribution < 1.29 is 4.39 Å². The Morgan fingerprint density at radius 3 is 2.26 bits per heavy atom. The van der Waals surface area contributed by atoms with Crippen LogP contribution in [0.5, 0.6) is 0 Å². The van der Waals surface area contributed by atoms with E-state index in [1.807, 2.05) is 19.9 Å². The van der Waals surface area contributed by atoms with Crippen molar-refractivity contribution in [1.82, 2.24) is 0 Å². The van der Waals surface area contributed by atoms with Gasteiger partial charge < -0.3 is 0 Å². The van der Waals surface area contributed by atoms with Crippen molar-refractivity contribution in [3.63, 3.8) is 0 Å². The van der Waals surface area contributed by atoms with Crippen LogP contribution in [0.1, 0.15) is 27.1 Å². The summed E-state index contributed by atoms with van der Waals surface area (Å²) in [5.74, 6) is -0.212. The number of alkyl halides is 1. The first kappa shape index (κ1) is 15.2. The maximum absolute atomic E-state index is 14.0. The second-order valence-corrected chi connectivity index (χ2v) is 7.17. The van der Waals surface area contributed by atoms with Crippen molar-refractivity contribution in [2.75, 3.05) is 0 Å². The van der Waals surface area contributed by atoms with E-state index < -0.39 is 0 Å². The van der Waals surface area contributed by atoms with Gasteiger partial charge in [-0.1, -0.05) is 59.9 Å². The molecule has 0 N–H and O–H groups in total. The Hall–Kier alpha value is -0.190. The van der Waals surface area contributed by atoms with Crippen molar-refractivity contribution in [3.8, 4) is 0 Å². The molecule has 19 heavy (non-hydrogen) atoms. The minimum absolute atomic E-state index is 0.146. The SMILES string of the molecule is Cc1cc(C(Br)c2ccc(Br)cc2F)c(C)cc1Br. The molecule has 0 saturated heterocycles. The van der Waals surface area contributed by atoms with E-state index in [4.69, 9.17) is 0 Å². The highest BCUT2D eigenvalue weighted by atomic mass is 79.9. The fourth-order valence-electron chi connectivity index (χ4n) is 1.95. The second-order valence-electron chi connectivity index (χ2n) is 4.49. The number of aryl methyl sites for hydroxylation is 2. The number of halogens is 4. The number of benzene rings is 2. The average molecular weight is 451 g/mol. The zero-order valence-corrected chi connectivity index (χ0v) is 15.2. The van der Waals surface area contributed by atoms with E-state index in [2.05, 4.69) is 59.9 Å². The molecule has 1 atom stereocenters. The van der Waals surface area contributed by atoms with E-state index >= 15 is 0 Å². The molecule has 2 aromatic carbocycles. The van der Waals surface area contributed by atoms with Crippen molar-refractivity contribution in [2.45, 2.75) is 18.7 Å². The minimum Gasteiger partial charge on any atom is -0.207 e. The maximum atomic E-state index is 14.0. The topological polar surface area (TPSA) is 0 Å². The summed E-state index contributed by atoms with van der Waals surface area (Å²) < 4.78 is 15.8. The van der Waals surface area contributed by atoms with Crippen LogP contribution < -0.4 is 0 Å². The third-order valence-electron chi connectivity index (χ3n) is 3.06. The Labute approximate surface area is 137 Å². The molecule has 0 heterocycles. The Morgan fingerprint density at radius 2 is 1.63 bits per heavy atom. The summed E-state index contributed by atoms with van der Waals surface area (Å²) >= 11 is 10.4. The van der Waals surface area contributed by atoms with Gasteiger partial charge in [-0.05, 0) is 48.7 Å². The highest BCUT2D eigenvalue weighted by Crippen LogP contribution is 2.37. The first-order valence-corrected chi connectivity index (χ1v) is 8.26. The predicted molar refractivity (Wildman–Crippen MR) is 88.5 cm³/mol. The highest BCUT2D eigenvalue weighted by Gasteiger charge is 2.17. The van der Waals surface area contributed by atoms with Crippen LogP contribution in [0.25, 0.3) is 0 Å². The van der Waals surface area contributed by atoms with Crippen LogP contribution in [-0.2, 0) is 0 Å². The minimum atomic E-state index is -0.212. The van der Waals surface area contributed by atoms with Gasteiger partial charge in [-0.25, -0.2) is 4.39 Å². The van der Waals surface area contributed by atoms with Crippen LogP contribution in [-0.4, -0.2) is 0 Å². The van der Waals surface area contributed by atoms with Gasteiger partial charge in [0.2, 0.25) is 0 Å². The Balaban J connectivity index is 2.49. The summed E-state index contributed by atoms with van der Waals surface area (Å²) in [5.41, 5.74) is 4.00. The van der Waals surface area contributed by atoms with E-state index in [-0.39, 0.29) is 10.6 Å². The quantitative estimate of drug-likeness (QED) is 0.461. The molecular weight excluding hydrogens is 439 g/mol. The van der Waals surface area contributed by atoms with Crippen LogP contribution >= 0.6 is 47.8 Å². The van der Waals surface area contributed by atoms with Gasteiger partial charge in [-0.3, -0.25) is 0 Å². The largest absolute Gasteiger partial charge is 0.207 e. The van der Waals surface area contributed by atoms with Gasteiger partial charge >= 0.3 is 0 Å². The molecule has 0 bridgehead atoms. The average Bonchev–Trinajstić information content (AvgIpc) is 2.33. The monoisotopic (exact) mass is 448 g/mol.